The van der Waals surface area contributed by atoms with Gasteiger partial charge in [0.25, 0.3) is 0 Å². The van der Waals surface area contributed by atoms with E-state index in [-0.39, 0.29) is 18.4 Å². The number of likely N-dealkylation sites (N-methyl/N-ethyl adjacent to an activating group) is 1. The lowest BCUT2D eigenvalue weighted by Crippen LogP contribution is -2.39. The van der Waals surface area contributed by atoms with Crippen molar-refractivity contribution in [2.75, 3.05) is 19.3 Å². The fraction of sp³-hybridized carbons (Fsp3) is 1.00. The van der Waals surface area contributed by atoms with E-state index in [1.54, 1.807) is 0 Å². The Morgan fingerprint density at radius 1 is 1.24 bits per heavy atom. The summed E-state index contributed by atoms with van der Waals surface area (Å²) in [6.45, 7) is 2.44. The largest absolute Gasteiger partial charge is 0.316 e. The standard InChI is InChI=1S/C11H24N2O2S.ClH/c1-10(12-2)8-13-16(14,15)9-11-6-4-3-5-7-11;/h10-13H,3-9H2,1-2H3;1H. The van der Waals surface area contributed by atoms with E-state index in [1.165, 1.54) is 19.3 Å². The lowest BCUT2D eigenvalue weighted by Gasteiger charge is -2.21. The number of nitrogens with one attached hydrogen (secondary N) is 2. The van der Waals surface area contributed by atoms with Gasteiger partial charge >= 0.3 is 0 Å². The topological polar surface area (TPSA) is 58.2 Å². The first-order chi connectivity index (χ1) is 7.53. The molecule has 0 aromatic rings. The minimum atomic E-state index is -3.08. The summed E-state index contributed by atoms with van der Waals surface area (Å²) in [4.78, 5) is 0. The summed E-state index contributed by atoms with van der Waals surface area (Å²) in [6, 6.07) is 0.182. The minimum absolute atomic E-state index is 0. The maximum Gasteiger partial charge on any atom is 0.211 e. The van der Waals surface area contributed by atoms with Crippen LogP contribution in [0.5, 0.6) is 0 Å². The molecule has 1 rings (SSSR count). The lowest BCUT2D eigenvalue weighted by atomic mass is 9.91. The molecule has 0 saturated heterocycles. The van der Waals surface area contributed by atoms with Crippen LogP contribution in [0.3, 0.4) is 0 Å². The summed E-state index contributed by atoms with van der Waals surface area (Å²) in [7, 11) is -1.24. The summed E-state index contributed by atoms with van der Waals surface area (Å²) in [5.41, 5.74) is 0. The SMILES string of the molecule is CNC(C)CNS(=O)(=O)CC1CCCCC1.Cl. The third-order valence-electron chi connectivity index (χ3n) is 3.28. The predicted molar refractivity (Wildman–Crippen MR) is 74.1 cm³/mol. The molecule has 1 aliphatic rings. The van der Waals surface area contributed by atoms with Crippen LogP contribution in [0.4, 0.5) is 0 Å². The second-order valence-corrected chi connectivity index (χ2v) is 6.68. The summed E-state index contributed by atoms with van der Waals surface area (Å²) in [6.07, 6.45) is 5.78. The number of halogens is 1. The van der Waals surface area contributed by atoms with Crippen LogP contribution in [0.25, 0.3) is 0 Å². The van der Waals surface area contributed by atoms with Gasteiger partial charge in [-0.15, -0.1) is 12.4 Å². The molecule has 0 radical (unpaired) electrons. The summed E-state index contributed by atoms with van der Waals surface area (Å²) >= 11 is 0. The van der Waals surface area contributed by atoms with Crippen LogP contribution < -0.4 is 10.0 Å². The van der Waals surface area contributed by atoms with Gasteiger partial charge in [0, 0.05) is 12.6 Å². The first-order valence-corrected chi connectivity index (χ1v) is 7.83. The van der Waals surface area contributed by atoms with Gasteiger partial charge in [-0.2, -0.15) is 0 Å². The highest BCUT2D eigenvalue weighted by Crippen LogP contribution is 2.24. The molecule has 0 aliphatic heterocycles. The normalized spacial score (nSPS) is 19.6. The molecular formula is C11H25ClN2O2S. The Balaban J connectivity index is 0.00000256. The van der Waals surface area contributed by atoms with Crippen molar-refractivity contribution in [1.29, 1.82) is 0 Å². The van der Waals surface area contributed by atoms with E-state index in [1.807, 2.05) is 14.0 Å². The highest BCUT2D eigenvalue weighted by atomic mass is 35.5. The molecule has 0 aromatic carbocycles. The second-order valence-electron chi connectivity index (χ2n) is 4.82. The highest BCUT2D eigenvalue weighted by Gasteiger charge is 2.21. The molecule has 0 heterocycles. The fourth-order valence-electron chi connectivity index (χ4n) is 2.08. The zero-order valence-corrected chi connectivity index (χ0v) is 12.4. The van der Waals surface area contributed by atoms with E-state index in [0.717, 1.165) is 12.8 Å². The Labute approximate surface area is 111 Å². The lowest BCUT2D eigenvalue weighted by molar-refractivity contribution is 0.383. The smallest absolute Gasteiger partial charge is 0.211 e. The molecule has 1 unspecified atom stereocenters. The average molecular weight is 285 g/mol. The van der Waals surface area contributed by atoms with Crippen molar-refractivity contribution >= 4 is 22.4 Å². The van der Waals surface area contributed by atoms with E-state index in [0.29, 0.717) is 18.2 Å². The van der Waals surface area contributed by atoms with Crippen molar-refractivity contribution in [2.45, 2.75) is 45.1 Å². The van der Waals surface area contributed by atoms with E-state index in [9.17, 15) is 8.42 Å². The molecule has 1 saturated carbocycles. The van der Waals surface area contributed by atoms with Crippen LogP contribution >= 0.6 is 12.4 Å². The first kappa shape index (κ1) is 17.2. The van der Waals surface area contributed by atoms with Gasteiger partial charge in [0.2, 0.25) is 10.0 Å². The zero-order chi connectivity index (χ0) is 12.0. The Bertz CT molecular complexity index is 290. The van der Waals surface area contributed by atoms with Crippen molar-refractivity contribution in [3.63, 3.8) is 0 Å². The summed E-state index contributed by atoms with van der Waals surface area (Å²) in [5, 5.41) is 3.01. The Hall–Kier alpha value is 0.160. The minimum Gasteiger partial charge on any atom is -0.316 e. The molecule has 1 fully saturated rings. The number of hydrogen-bond acceptors (Lipinski definition) is 3. The quantitative estimate of drug-likeness (QED) is 0.777. The molecule has 104 valence electrons. The van der Waals surface area contributed by atoms with E-state index < -0.39 is 10.0 Å². The molecule has 6 heteroatoms. The first-order valence-electron chi connectivity index (χ1n) is 6.18. The zero-order valence-electron chi connectivity index (χ0n) is 10.7. The van der Waals surface area contributed by atoms with Crippen LogP contribution in [0.15, 0.2) is 0 Å². The third-order valence-corrected chi connectivity index (χ3v) is 4.80. The molecule has 0 aromatic heterocycles. The van der Waals surface area contributed by atoms with Crippen LogP contribution in [0.1, 0.15) is 39.0 Å². The molecule has 1 aliphatic carbocycles. The van der Waals surface area contributed by atoms with E-state index in [2.05, 4.69) is 10.0 Å². The van der Waals surface area contributed by atoms with Gasteiger partial charge in [0.05, 0.1) is 5.75 Å². The molecule has 0 spiro atoms. The Morgan fingerprint density at radius 2 is 1.82 bits per heavy atom. The monoisotopic (exact) mass is 284 g/mol. The van der Waals surface area contributed by atoms with Crippen LogP contribution in [0, 0.1) is 5.92 Å². The maximum absolute atomic E-state index is 11.8. The number of rotatable bonds is 6. The predicted octanol–water partition coefficient (Wildman–Crippen LogP) is 1.52. The second kappa shape index (κ2) is 8.29. The summed E-state index contributed by atoms with van der Waals surface area (Å²) in [5.74, 6) is 0.680. The number of sulfonamides is 1. The van der Waals surface area contributed by atoms with Crippen molar-refractivity contribution in [1.82, 2.24) is 10.0 Å². The van der Waals surface area contributed by atoms with Crippen LogP contribution in [-0.4, -0.2) is 33.8 Å². The highest BCUT2D eigenvalue weighted by molar-refractivity contribution is 7.89. The van der Waals surface area contributed by atoms with E-state index >= 15 is 0 Å². The number of hydrogen-bond donors (Lipinski definition) is 2. The van der Waals surface area contributed by atoms with Crippen LogP contribution in [0.2, 0.25) is 0 Å². The summed E-state index contributed by atoms with van der Waals surface area (Å²) < 4.78 is 26.2. The molecule has 2 N–H and O–H groups in total. The van der Waals surface area contributed by atoms with Crippen molar-refractivity contribution in [3.05, 3.63) is 0 Å². The van der Waals surface area contributed by atoms with Gasteiger partial charge in [0.15, 0.2) is 0 Å². The van der Waals surface area contributed by atoms with Crippen molar-refractivity contribution < 1.29 is 8.42 Å². The molecule has 0 bridgehead atoms. The molecule has 4 nitrogen and oxygen atoms in total. The van der Waals surface area contributed by atoms with Gasteiger partial charge < -0.3 is 5.32 Å². The Morgan fingerprint density at radius 3 is 2.35 bits per heavy atom. The van der Waals surface area contributed by atoms with Gasteiger partial charge in [-0.05, 0) is 32.7 Å². The van der Waals surface area contributed by atoms with Gasteiger partial charge in [-0.1, -0.05) is 19.3 Å². The van der Waals surface area contributed by atoms with E-state index in [4.69, 9.17) is 0 Å². The van der Waals surface area contributed by atoms with Gasteiger partial charge in [0.1, 0.15) is 0 Å². The molecule has 17 heavy (non-hydrogen) atoms. The van der Waals surface area contributed by atoms with Gasteiger partial charge in [-0.25, -0.2) is 13.1 Å². The molecule has 0 amide bonds. The average Bonchev–Trinajstić information content (AvgIpc) is 2.27. The van der Waals surface area contributed by atoms with Crippen LogP contribution in [-0.2, 0) is 10.0 Å². The Kier molecular flexibility index (Phi) is 8.37. The molecular weight excluding hydrogens is 260 g/mol. The fourth-order valence-corrected chi connectivity index (χ4v) is 3.65. The third kappa shape index (κ3) is 7.24. The maximum atomic E-state index is 11.8. The van der Waals surface area contributed by atoms with Crippen molar-refractivity contribution in [3.8, 4) is 0 Å². The molecule has 1 atom stereocenters. The van der Waals surface area contributed by atoms with Crippen molar-refractivity contribution in [2.24, 2.45) is 5.92 Å². The van der Waals surface area contributed by atoms with Gasteiger partial charge in [-0.3, -0.25) is 0 Å².